The zero-order valence-electron chi connectivity index (χ0n) is 15.2. The fraction of sp³-hybridized carbons (Fsp3) is 0.579. The summed E-state index contributed by atoms with van der Waals surface area (Å²) in [4.78, 5) is 28.3. The summed E-state index contributed by atoms with van der Waals surface area (Å²) in [5.74, 6) is 0.225. The molecule has 1 N–H and O–H groups in total. The number of carbonyl (C=O) groups is 2. The molecule has 24 heavy (non-hydrogen) atoms. The number of rotatable bonds is 6. The minimum atomic E-state index is -0.00451. The van der Waals surface area contributed by atoms with Crippen molar-refractivity contribution in [3.05, 3.63) is 35.4 Å². The predicted octanol–water partition coefficient (Wildman–Crippen LogP) is 2.12. The molecule has 1 saturated heterocycles. The number of hydrogen-bond donors (Lipinski definition) is 1. The topological polar surface area (TPSA) is 52.7 Å². The van der Waals surface area contributed by atoms with Crippen molar-refractivity contribution in [2.24, 2.45) is 5.92 Å². The number of likely N-dealkylation sites (N-methyl/N-ethyl adjacent to an activating group) is 1. The summed E-state index contributed by atoms with van der Waals surface area (Å²) in [6.07, 6.45) is 2.13. The van der Waals surface area contributed by atoms with Crippen molar-refractivity contribution >= 4 is 11.8 Å². The zero-order chi connectivity index (χ0) is 17.7. The highest BCUT2D eigenvalue weighted by molar-refractivity contribution is 5.94. The SMILES string of the molecule is CNCC1CCCN1C(=O)c1ccc(CN(C)C(=O)C(C)C)cc1. The van der Waals surface area contributed by atoms with Crippen LogP contribution < -0.4 is 5.32 Å². The third kappa shape index (κ3) is 4.35. The van der Waals surface area contributed by atoms with Gasteiger partial charge in [0.25, 0.3) is 5.91 Å². The molecule has 5 heteroatoms. The average molecular weight is 331 g/mol. The fourth-order valence-corrected chi connectivity index (χ4v) is 3.26. The van der Waals surface area contributed by atoms with Gasteiger partial charge in [-0.1, -0.05) is 26.0 Å². The van der Waals surface area contributed by atoms with Gasteiger partial charge >= 0.3 is 0 Å². The second-order valence-corrected chi connectivity index (χ2v) is 6.90. The Balaban J connectivity index is 2.01. The van der Waals surface area contributed by atoms with Crippen LogP contribution in [-0.4, -0.2) is 54.8 Å². The lowest BCUT2D eigenvalue weighted by Crippen LogP contribution is -2.40. The first-order chi connectivity index (χ1) is 11.4. The minimum Gasteiger partial charge on any atom is -0.341 e. The monoisotopic (exact) mass is 331 g/mol. The van der Waals surface area contributed by atoms with Crippen LogP contribution in [0.15, 0.2) is 24.3 Å². The summed E-state index contributed by atoms with van der Waals surface area (Å²) in [5.41, 5.74) is 1.76. The Kier molecular flexibility index (Phi) is 6.37. The molecule has 0 aliphatic carbocycles. The molecule has 0 radical (unpaired) electrons. The number of likely N-dealkylation sites (tertiary alicyclic amines) is 1. The molecule has 0 bridgehead atoms. The molecule has 0 aromatic heterocycles. The quantitative estimate of drug-likeness (QED) is 0.869. The van der Waals surface area contributed by atoms with E-state index in [0.29, 0.717) is 6.54 Å². The molecule has 1 fully saturated rings. The van der Waals surface area contributed by atoms with Crippen LogP contribution in [0.1, 0.15) is 42.6 Å². The normalized spacial score (nSPS) is 17.4. The van der Waals surface area contributed by atoms with E-state index < -0.39 is 0 Å². The van der Waals surface area contributed by atoms with Gasteiger partial charge in [0.15, 0.2) is 0 Å². The van der Waals surface area contributed by atoms with E-state index in [9.17, 15) is 9.59 Å². The number of amides is 2. The van der Waals surface area contributed by atoms with E-state index in [1.807, 2.05) is 57.1 Å². The molecule has 2 rings (SSSR count). The first kappa shape index (κ1) is 18.5. The van der Waals surface area contributed by atoms with Crippen LogP contribution in [0.4, 0.5) is 0 Å². The van der Waals surface area contributed by atoms with Gasteiger partial charge in [0, 0.05) is 44.2 Å². The number of carbonyl (C=O) groups excluding carboxylic acids is 2. The maximum Gasteiger partial charge on any atom is 0.254 e. The van der Waals surface area contributed by atoms with Gasteiger partial charge in [-0.3, -0.25) is 9.59 Å². The van der Waals surface area contributed by atoms with Gasteiger partial charge in [-0.25, -0.2) is 0 Å². The largest absolute Gasteiger partial charge is 0.341 e. The number of hydrogen-bond acceptors (Lipinski definition) is 3. The van der Waals surface area contributed by atoms with Crippen LogP contribution in [0.3, 0.4) is 0 Å². The molecule has 1 unspecified atom stereocenters. The molecule has 0 spiro atoms. The van der Waals surface area contributed by atoms with Crippen LogP contribution in [0.25, 0.3) is 0 Å². The van der Waals surface area contributed by atoms with Crippen molar-refractivity contribution in [1.82, 2.24) is 15.1 Å². The van der Waals surface area contributed by atoms with Crippen LogP contribution in [0.2, 0.25) is 0 Å². The Morgan fingerprint density at radius 1 is 1.29 bits per heavy atom. The second-order valence-electron chi connectivity index (χ2n) is 6.90. The summed E-state index contributed by atoms with van der Waals surface area (Å²) in [6, 6.07) is 7.93. The van der Waals surface area contributed by atoms with Crippen molar-refractivity contribution in [3.63, 3.8) is 0 Å². The van der Waals surface area contributed by atoms with Gasteiger partial charge in [-0.05, 0) is 37.6 Å². The van der Waals surface area contributed by atoms with Crippen molar-refractivity contribution in [3.8, 4) is 0 Å². The van der Waals surface area contributed by atoms with Crippen molar-refractivity contribution < 1.29 is 9.59 Å². The number of nitrogens with zero attached hydrogens (tertiary/aromatic N) is 2. The Morgan fingerprint density at radius 3 is 2.54 bits per heavy atom. The summed E-state index contributed by atoms with van der Waals surface area (Å²) in [6.45, 7) is 6.04. The maximum absolute atomic E-state index is 12.7. The van der Waals surface area contributed by atoms with Gasteiger partial charge in [0.1, 0.15) is 0 Å². The predicted molar refractivity (Wildman–Crippen MR) is 95.7 cm³/mol. The lowest BCUT2D eigenvalue weighted by molar-refractivity contribution is -0.133. The van der Waals surface area contributed by atoms with Crippen LogP contribution in [-0.2, 0) is 11.3 Å². The van der Waals surface area contributed by atoms with E-state index in [2.05, 4.69) is 5.32 Å². The Morgan fingerprint density at radius 2 is 1.96 bits per heavy atom. The summed E-state index contributed by atoms with van der Waals surface area (Å²) < 4.78 is 0. The highest BCUT2D eigenvalue weighted by Crippen LogP contribution is 2.20. The fourth-order valence-electron chi connectivity index (χ4n) is 3.26. The van der Waals surface area contributed by atoms with E-state index in [1.165, 1.54) is 0 Å². The lowest BCUT2D eigenvalue weighted by atomic mass is 10.1. The number of benzene rings is 1. The van der Waals surface area contributed by atoms with Crippen molar-refractivity contribution in [2.75, 3.05) is 27.2 Å². The smallest absolute Gasteiger partial charge is 0.254 e. The molecule has 132 valence electrons. The van der Waals surface area contributed by atoms with Gasteiger partial charge in [-0.2, -0.15) is 0 Å². The molecule has 1 aromatic rings. The van der Waals surface area contributed by atoms with Crippen LogP contribution >= 0.6 is 0 Å². The summed E-state index contributed by atoms with van der Waals surface area (Å²) in [5, 5.41) is 3.16. The van der Waals surface area contributed by atoms with Crippen LogP contribution in [0, 0.1) is 5.92 Å². The maximum atomic E-state index is 12.7. The van der Waals surface area contributed by atoms with E-state index in [4.69, 9.17) is 0 Å². The molecular weight excluding hydrogens is 302 g/mol. The van der Waals surface area contributed by atoms with E-state index >= 15 is 0 Å². The van der Waals surface area contributed by atoms with Gasteiger partial charge < -0.3 is 15.1 Å². The zero-order valence-corrected chi connectivity index (χ0v) is 15.2. The first-order valence-corrected chi connectivity index (χ1v) is 8.73. The summed E-state index contributed by atoms with van der Waals surface area (Å²) >= 11 is 0. The molecule has 2 amide bonds. The molecular formula is C19H29N3O2. The molecule has 1 aliphatic rings. The first-order valence-electron chi connectivity index (χ1n) is 8.73. The third-order valence-corrected chi connectivity index (χ3v) is 4.57. The second kappa shape index (κ2) is 8.29. The molecule has 1 aromatic carbocycles. The molecule has 5 nitrogen and oxygen atoms in total. The van der Waals surface area contributed by atoms with Crippen LogP contribution in [0.5, 0.6) is 0 Å². The molecule has 0 saturated carbocycles. The standard InChI is InChI=1S/C19H29N3O2/c1-14(2)18(23)21(4)13-15-7-9-16(10-8-15)19(24)22-11-5-6-17(22)12-20-3/h7-10,14,17,20H,5-6,11-13H2,1-4H3. The average Bonchev–Trinajstić information content (AvgIpc) is 3.02. The Bertz CT molecular complexity index is 568. The highest BCUT2D eigenvalue weighted by atomic mass is 16.2. The Hall–Kier alpha value is -1.88. The molecule has 1 aliphatic heterocycles. The van der Waals surface area contributed by atoms with Gasteiger partial charge in [0.2, 0.25) is 5.91 Å². The van der Waals surface area contributed by atoms with Gasteiger partial charge in [-0.15, -0.1) is 0 Å². The third-order valence-electron chi connectivity index (χ3n) is 4.57. The lowest BCUT2D eigenvalue weighted by Gasteiger charge is -2.25. The molecule has 1 atom stereocenters. The minimum absolute atomic E-state index is 0.00451. The van der Waals surface area contributed by atoms with Crippen molar-refractivity contribution in [1.29, 1.82) is 0 Å². The highest BCUT2D eigenvalue weighted by Gasteiger charge is 2.28. The molecule has 1 heterocycles. The Labute approximate surface area is 145 Å². The van der Waals surface area contributed by atoms with E-state index in [1.54, 1.807) is 4.90 Å². The van der Waals surface area contributed by atoms with Gasteiger partial charge in [0.05, 0.1) is 0 Å². The number of nitrogens with one attached hydrogen (secondary N) is 1. The van der Waals surface area contributed by atoms with E-state index in [0.717, 1.165) is 37.1 Å². The van der Waals surface area contributed by atoms with Crippen molar-refractivity contribution in [2.45, 2.75) is 39.3 Å². The summed E-state index contributed by atoms with van der Waals surface area (Å²) in [7, 11) is 3.73. The van der Waals surface area contributed by atoms with E-state index in [-0.39, 0.29) is 23.8 Å².